The molecule has 0 aliphatic carbocycles. The highest BCUT2D eigenvalue weighted by Gasteiger charge is 2.20. The fraction of sp³-hybridized carbons (Fsp3) is 0.636. The number of amides is 1. The Morgan fingerprint density at radius 3 is 2.64 bits per heavy atom. The molecule has 14 heavy (non-hydrogen) atoms. The largest absolute Gasteiger partial charge is 0.338 e. The van der Waals surface area contributed by atoms with E-state index in [-0.39, 0.29) is 5.91 Å². The van der Waals surface area contributed by atoms with Gasteiger partial charge in [0, 0.05) is 13.1 Å². The van der Waals surface area contributed by atoms with E-state index in [0.29, 0.717) is 5.57 Å². The van der Waals surface area contributed by atoms with Crippen LogP contribution in [0.15, 0.2) is 11.6 Å². The summed E-state index contributed by atoms with van der Waals surface area (Å²) in [7, 11) is 0. The molecule has 0 spiro atoms. The second-order valence-electron chi connectivity index (χ2n) is 3.52. The van der Waals surface area contributed by atoms with Crippen LogP contribution in [0.3, 0.4) is 0 Å². The van der Waals surface area contributed by atoms with Gasteiger partial charge in [0.1, 0.15) is 11.6 Å². The number of nitrogens with zero attached hydrogens (tertiary/aromatic N) is 2. The maximum absolute atomic E-state index is 11.7. The summed E-state index contributed by atoms with van der Waals surface area (Å²) in [6.07, 6.45) is 5.66. The highest BCUT2D eigenvalue weighted by Crippen LogP contribution is 2.11. The number of unbranched alkanes of at least 4 members (excludes halogenated alkanes) is 1. The number of carbonyl (C=O) groups excluding carboxylic acids is 1. The fourth-order valence-electron chi connectivity index (χ4n) is 1.56. The highest BCUT2D eigenvalue weighted by atomic mass is 16.2. The van der Waals surface area contributed by atoms with Crippen LogP contribution in [0.1, 0.15) is 32.6 Å². The standard InChI is InChI=1S/C11H16N2O/c1-2-3-6-10(9-12)11(14)13-7-4-5-8-13/h6H,2-5,7-8H2,1H3/b10-6+. The first-order valence-electron chi connectivity index (χ1n) is 5.19. The van der Waals surface area contributed by atoms with Crippen LogP contribution in [0.5, 0.6) is 0 Å². The Labute approximate surface area is 85.0 Å². The van der Waals surface area contributed by atoms with E-state index in [9.17, 15) is 4.79 Å². The van der Waals surface area contributed by atoms with E-state index < -0.39 is 0 Å². The van der Waals surface area contributed by atoms with Crippen molar-refractivity contribution in [3.05, 3.63) is 11.6 Å². The van der Waals surface area contributed by atoms with Crippen molar-refractivity contribution in [2.45, 2.75) is 32.6 Å². The van der Waals surface area contributed by atoms with Gasteiger partial charge in [0.15, 0.2) is 0 Å². The molecule has 0 aromatic rings. The molecule has 0 aromatic carbocycles. The van der Waals surface area contributed by atoms with E-state index >= 15 is 0 Å². The molecule has 0 atom stereocenters. The first-order chi connectivity index (χ1) is 6.79. The van der Waals surface area contributed by atoms with Crippen molar-refractivity contribution in [1.82, 2.24) is 4.90 Å². The molecule has 1 rings (SSSR count). The van der Waals surface area contributed by atoms with Crippen molar-refractivity contribution >= 4 is 5.91 Å². The van der Waals surface area contributed by atoms with Crippen molar-refractivity contribution in [1.29, 1.82) is 5.26 Å². The number of hydrogen-bond acceptors (Lipinski definition) is 2. The Balaban J connectivity index is 2.60. The lowest BCUT2D eigenvalue weighted by Gasteiger charge is -2.13. The van der Waals surface area contributed by atoms with Crippen LogP contribution in [0.4, 0.5) is 0 Å². The molecular weight excluding hydrogens is 176 g/mol. The normalized spacial score (nSPS) is 16.9. The molecule has 1 heterocycles. The highest BCUT2D eigenvalue weighted by molar-refractivity contribution is 5.97. The van der Waals surface area contributed by atoms with Gasteiger partial charge in [0.05, 0.1) is 0 Å². The summed E-state index contributed by atoms with van der Waals surface area (Å²) >= 11 is 0. The molecule has 0 unspecified atom stereocenters. The molecule has 0 saturated carbocycles. The third-order valence-corrected chi connectivity index (χ3v) is 2.38. The van der Waals surface area contributed by atoms with Gasteiger partial charge in [-0.2, -0.15) is 5.26 Å². The van der Waals surface area contributed by atoms with Crippen molar-refractivity contribution in [2.24, 2.45) is 0 Å². The number of hydrogen-bond donors (Lipinski definition) is 0. The van der Waals surface area contributed by atoms with Gasteiger partial charge < -0.3 is 4.90 Å². The number of carbonyl (C=O) groups is 1. The summed E-state index contributed by atoms with van der Waals surface area (Å²) in [6, 6.07) is 1.98. The molecule has 0 bridgehead atoms. The Morgan fingerprint density at radius 1 is 1.50 bits per heavy atom. The van der Waals surface area contributed by atoms with Gasteiger partial charge >= 0.3 is 0 Å². The summed E-state index contributed by atoms with van der Waals surface area (Å²) in [6.45, 7) is 3.65. The smallest absolute Gasteiger partial charge is 0.264 e. The molecule has 76 valence electrons. The van der Waals surface area contributed by atoms with E-state index in [0.717, 1.165) is 38.8 Å². The van der Waals surface area contributed by atoms with Gasteiger partial charge in [-0.15, -0.1) is 0 Å². The van der Waals surface area contributed by atoms with Crippen molar-refractivity contribution < 1.29 is 4.79 Å². The van der Waals surface area contributed by atoms with E-state index in [4.69, 9.17) is 5.26 Å². The van der Waals surface area contributed by atoms with Crippen LogP contribution < -0.4 is 0 Å². The summed E-state index contributed by atoms with van der Waals surface area (Å²) < 4.78 is 0. The van der Waals surface area contributed by atoms with E-state index in [2.05, 4.69) is 0 Å². The van der Waals surface area contributed by atoms with Gasteiger partial charge in [-0.3, -0.25) is 4.79 Å². The van der Waals surface area contributed by atoms with Gasteiger partial charge in [0.2, 0.25) is 0 Å². The zero-order valence-electron chi connectivity index (χ0n) is 8.62. The zero-order valence-corrected chi connectivity index (χ0v) is 8.62. The van der Waals surface area contributed by atoms with Crippen molar-refractivity contribution in [3.8, 4) is 6.07 Å². The number of likely N-dealkylation sites (tertiary alicyclic amines) is 1. The summed E-state index contributed by atoms with van der Waals surface area (Å²) in [5.41, 5.74) is 0.314. The molecule has 0 radical (unpaired) electrons. The first-order valence-corrected chi connectivity index (χ1v) is 5.19. The predicted molar refractivity (Wildman–Crippen MR) is 54.4 cm³/mol. The molecule has 0 N–H and O–H groups in total. The van der Waals surface area contributed by atoms with E-state index in [1.807, 2.05) is 13.0 Å². The number of rotatable bonds is 3. The quantitative estimate of drug-likeness (QED) is 0.506. The minimum atomic E-state index is -0.0848. The van der Waals surface area contributed by atoms with Crippen molar-refractivity contribution in [3.63, 3.8) is 0 Å². The number of allylic oxidation sites excluding steroid dienone is 1. The Kier molecular flexibility index (Phi) is 4.18. The molecule has 3 heteroatoms. The monoisotopic (exact) mass is 192 g/mol. The SMILES string of the molecule is CCC/C=C(\C#N)C(=O)N1CCCC1. The second kappa shape index (κ2) is 5.43. The van der Waals surface area contributed by atoms with Crippen LogP contribution in [-0.2, 0) is 4.79 Å². The topological polar surface area (TPSA) is 44.1 Å². The lowest BCUT2D eigenvalue weighted by molar-refractivity contribution is -0.125. The molecule has 1 aliphatic rings. The molecule has 0 aromatic heterocycles. The van der Waals surface area contributed by atoms with Gasteiger partial charge in [0.25, 0.3) is 5.91 Å². The average Bonchev–Trinajstić information content (AvgIpc) is 2.71. The van der Waals surface area contributed by atoms with Crippen LogP contribution >= 0.6 is 0 Å². The molecule has 1 saturated heterocycles. The van der Waals surface area contributed by atoms with E-state index in [1.165, 1.54) is 0 Å². The van der Waals surface area contributed by atoms with Gasteiger partial charge in [-0.25, -0.2) is 0 Å². The van der Waals surface area contributed by atoms with E-state index in [1.54, 1.807) is 11.0 Å². The van der Waals surface area contributed by atoms with Crippen LogP contribution in [0, 0.1) is 11.3 Å². The maximum atomic E-state index is 11.7. The third kappa shape index (κ3) is 2.59. The summed E-state index contributed by atoms with van der Waals surface area (Å²) in [5.74, 6) is -0.0848. The summed E-state index contributed by atoms with van der Waals surface area (Å²) in [4.78, 5) is 13.5. The molecule has 1 amide bonds. The molecule has 3 nitrogen and oxygen atoms in total. The Hall–Kier alpha value is -1.30. The van der Waals surface area contributed by atoms with Gasteiger partial charge in [-0.05, 0) is 19.3 Å². The fourth-order valence-corrected chi connectivity index (χ4v) is 1.56. The van der Waals surface area contributed by atoms with Gasteiger partial charge in [-0.1, -0.05) is 19.4 Å². The van der Waals surface area contributed by atoms with Crippen molar-refractivity contribution in [2.75, 3.05) is 13.1 Å². The lowest BCUT2D eigenvalue weighted by Crippen LogP contribution is -2.28. The zero-order chi connectivity index (χ0) is 10.4. The number of nitriles is 1. The minimum Gasteiger partial charge on any atom is -0.338 e. The van der Waals surface area contributed by atoms with Crippen LogP contribution in [0.2, 0.25) is 0 Å². The summed E-state index contributed by atoms with van der Waals surface area (Å²) in [5, 5.41) is 8.82. The molecule has 1 aliphatic heterocycles. The Bertz CT molecular complexity index is 270. The third-order valence-electron chi connectivity index (χ3n) is 2.38. The predicted octanol–water partition coefficient (Wildman–Crippen LogP) is 1.86. The maximum Gasteiger partial charge on any atom is 0.264 e. The lowest BCUT2D eigenvalue weighted by atomic mass is 10.2. The average molecular weight is 192 g/mol. The molecular formula is C11H16N2O. The molecule has 1 fully saturated rings. The first kappa shape index (κ1) is 10.8. The van der Waals surface area contributed by atoms with Crippen LogP contribution in [-0.4, -0.2) is 23.9 Å². The minimum absolute atomic E-state index is 0.0848. The second-order valence-corrected chi connectivity index (χ2v) is 3.52. The Morgan fingerprint density at radius 2 is 2.14 bits per heavy atom. The van der Waals surface area contributed by atoms with Crippen LogP contribution in [0.25, 0.3) is 0 Å².